The van der Waals surface area contributed by atoms with Crippen LogP contribution in [0.2, 0.25) is 0 Å². The summed E-state index contributed by atoms with van der Waals surface area (Å²) >= 11 is 0. The second-order valence-electron chi connectivity index (χ2n) is 7.05. The average Bonchev–Trinajstić information content (AvgIpc) is 3.12. The van der Waals surface area contributed by atoms with Crippen molar-refractivity contribution in [2.45, 2.75) is 26.2 Å². The van der Waals surface area contributed by atoms with Gasteiger partial charge in [0, 0.05) is 37.2 Å². The summed E-state index contributed by atoms with van der Waals surface area (Å²) in [6.07, 6.45) is 3.70. The SMILES string of the molecule is Cc1ccc(C(=O)NCCCN2CCCC2=O)cc1C(=O)Nc1ccc(N)nc1. The van der Waals surface area contributed by atoms with Crippen molar-refractivity contribution in [3.63, 3.8) is 0 Å². The molecule has 29 heavy (non-hydrogen) atoms. The van der Waals surface area contributed by atoms with Crippen LogP contribution in [0.3, 0.4) is 0 Å². The van der Waals surface area contributed by atoms with Gasteiger partial charge in [-0.3, -0.25) is 14.4 Å². The summed E-state index contributed by atoms with van der Waals surface area (Å²) < 4.78 is 0. The van der Waals surface area contributed by atoms with Crippen molar-refractivity contribution in [2.24, 2.45) is 0 Å². The van der Waals surface area contributed by atoms with E-state index in [-0.39, 0.29) is 17.7 Å². The molecule has 1 saturated heterocycles. The molecule has 2 heterocycles. The number of carbonyl (C=O) groups excluding carboxylic acids is 3. The molecular formula is C21H25N5O3. The van der Waals surface area contributed by atoms with Crippen molar-refractivity contribution in [2.75, 3.05) is 30.7 Å². The van der Waals surface area contributed by atoms with Gasteiger partial charge in [-0.15, -0.1) is 0 Å². The third-order valence-corrected chi connectivity index (χ3v) is 4.85. The molecule has 1 aliphatic heterocycles. The van der Waals surface area contributed by atoms with Gasteiger partial charge in [0.2, 0.25) is 5.91 Å². The smallest absolute Gasteiger partial charge is 0.255 e. The third-order valence-electron chi connectivity index (χ3n) is 4.85. The van der Waals surface area contributed by atoms with Crippen LogP contribution in [0.1, 0.15) is 45.5 Å². The fourth-order valence-electron chi connectivity index (χ4n) is 3.20. The van der Waals surface area contributed by atoms with Gasteiger partial charge in [-0.2, -0.15) is 0 Å². The van der Waals surface area contributed by atoms with Crippen LogP contribution in [-0.2, 0) is 4.79 Å². The van der Waals surface area contributed by atoms with Crippen LogP contribution in [0.5, 0.6) is 0 Å². The number of aromatic nitrogens is 1. The first-order valence-corrected chi connectivity index (χ1v) is 9.63. The predicted octanol–water partition coefficient (Wildman–Crippen LogP) is 1.97. The Morgan fingerprint density at radius 1 is 1.21 bits per heavy atom. The van der Waals surface area contributed by atoms with Crippen LogP contribution >= 0.6 is 0 Å². The number of hydrogen-bond donors (Lipinski definition) is 3. The maximum Gasteiger partial charge on any atom is 0.255 e. The molecule has 0 unspecified atom stereocenters. The first kappa shape index (κ1) is 20.3. The first-order chi connectivity index (χ1) is 13.9. The summed E-state index contributed by atoms with van der Waals surface area (Å²) in [4.78, 5) is 42.4. The Morgan fingerprint density at radius 3 is 2.72 bits per heavy atom. The van der Waals surface area contributed by atoms with Gasteiger partial charge in [0.15, 0.2) is 0 Å². The fourth-order valence-corrected chi connectivity index (χ4v) is 3.20. The average molecular weight is 395 g/mol. The van der Waals surface area contributed by atoms with Crippen molar-refractivity contribution in [1.82, 2.24) is 15.2 Å². The first-order valence-electron chi connectivity index (χ1n) is 9.63. The number of aryl methyl sites for hydroxylation is 1. The number of carbonyl (C=O) groups is 3. The maximum atomic E-state index is 12.6. The molecule has 1 aromatic carbocycles. The van der Waals surface area contributed by atoms with Crippen LogP contribution < -0.4 is 16.4 Å². The molecule has 1 aliphatic rings. The number of anilines is 2. The zero-order chi connectivity index (χ0) is 20.8. The summed E-state index contributed by atoms with van der Waals surface area (Å²) in [6, 6.07) is 8.28. The molecule has 1 aromatic heterocycles. The molecule has 0 atom stereocenters. The number of pyridine rings is 1. The van der Waals surface area contributed by atoms with E-state index < -0.39 is 0 Å². The lowest BCUT2D eigenvalue weighted by Gasteiger charge is -2.15. The standard InChI is InChI=1S/C21H25N5O3/c1-14-5-6-15(20(28)23-9-3-11-26-10-2-4-19(26)27)12-17(14)21(29)25-16-7-8-18(22)24-13-16/h5-8,12-13H,2-4,9-11H2,1H3,(H2,22,24)(H,23,28)(H,25,29). The van der Waals surface area contributed by atoms with Crippen molar-refractivity contribution >= 4 is 29.2 Å². The van der Waals surface area contributed by atoms with Crippen molar-refractivity contribution < 1.29 is 14.4 Å². The minimum Gasteiger partial charge on any atom is -0.384 e. The van der Waals surface area contributed by atoms with Gasteiger partial charge in [0.1, 0.15) is 5.82 Å². The summed E-state index contributed by atoms with van der Waals surface area (Å²) in [7, 11) is 0. The van der Waals surface area contributed by atoms with E-state index in [0.29, 0.717) is 48.6 Å². The molecule has 8 heteroatoms. The highest BCUT2D eigenvalue weighted by Gasteiger charge is 2.19. The summed E-state index contributed by atoms with van der Waals surface area (Å²) in [6.45, 7) is 3.73. The Balaban J connectivity index is 1.57. The van der Waals surface area contributed by atoms with Crippen molar-refractivity contribution in [3.05, 3.63) is 53.2 Å². The van der Waals surface area contributed by atoms with E-state index in [1.807, 2.05) is 11.8 Å². The Kier molecular flexibility index (Phi) is 6.43. The summed E-state index contributed by atoms with van der Waals surface area (Å²) in [5, 5.41) is 5.60. The Labute approximate surface area is 169 Å². The van der Waals surface area contributed by atoms with Crippen LogP contribution in [0.4, 0.5) is 11.5 Å². The van der Waals surface area contributed by atoms with Gasteiger partial charge in [-0.05, 0) is 49.6 Å². The monoisotopic (exact) mass is 395 g/mol. The molecule has 152 valence electrons. The molecule has 0 aliphatic carbocycles. The number of nitrogens with two attached hydrogens (primary N) is 1. The van der Waals surface area contributed by atoms with Crippen LogP contribution in [0.25, 0.3) is 0 Å². The van der Waals surface area contributed by atoms with E-state index in [9.17, 15) is 14.4 Å². The number of hydrogen-bond acceptors (Lipinski definition) is 5. The normalized spacial score (nSPS) is 13.4. The number of rotatable bonds is 7. The summed E-state index contributed by atoms with van der Waals surface area (Å²) in [5.74, 6) is -0.0222. The van der Waals surface area contributed by atoms with Crippen molar-refractivity contribution in [3.8, 4) is 0 Å². The van der Waals surface area contributed by atoms with Crippen LogP contribution in [-0.4, -0.2) is 47.2 Å². The molecule has 3 amide bonds. The number of nitrogens with zero attached hydrogens (tertiary/aromatic N) is 2. The van der Waals surface area contributed by atoms with Crippen LogP contribution in [0.15, 0.2) is 36.5 Å². The highest BCUT2D eigenvalue weighted by Crippen LogP contribution is 2.15. The van der Waals surface area contributed by atoms with Gasteiger partial charge in [-0.1, -0.05) is 6.07 Å². The predicted molar refractivity (Wildman–Crippen MR) is 111 cm³/mol. The minimum atomic E-state index is -0.323. The van der Waals surface area contributed by atoms with Crippen molar-refractivity contribution in [1.29, 1.82) is 0 Å². The van der Waals surface area contributed by atoms with Crippen LogP contribution in [0, 0.1) is 6.92 Å². The van der Waals surface area contributed by atoms with E-state index in [2.05, 4.69) is 15.6 Å². The fraction of sp³-hybridized carbons (Fsp3) is 0.333. The molecule has 3 rings (SSSR count). The largest absolute Gasteiger partial charge is 0.384 e. The lowest BCUT2D eigenvalue weighted by molar-refractivity contribution is -0.127. The molecule has 0 spiro atoms. The Morgan fingerprint density at radius 2 is 2.03 bits per heavy atom. The van der Waals surface area contributed by atoms with Gasteiger partial charge >= 0.3 is 0 Å². The molecular weight excluding hydrogens is 370 g/mol. The molecule has 0 bridgehead atoms. The number of amides is 3. The van der Waals surface area contributed by atoms with E-state index in [0.717, 1.165) is 18.5 Å². The molecule has 0 radical (unpaired) electrons. The number of nitrogens with one attached hydrogen (secondary N) is 2. The lowest BCUT2D eigenvalue weighted by atomic mass is 10.0. The van der Waals surface area contributed by atoms with E-state index in [1.165, 1.54) is 6.20 Å². The Bertz CT molecular complexity index is 911. The molecule has 8 nitrogen and oxygen atoms in total. The van der Waals surface area contributed by atoms with Gasteiger partial charge in [-0.25, -0.2) is 4.98 Å². The highest BCUT2D eigenvalue weighted by molar-refractivity contribution is 6.07. The maximum absolute atomic E-state index is 12.6. The van der Waals surface area contributed by atoms with Gasteiger partial charge < -0.3 is 21.3 Å². The molecule has 1 fully saturated rings. The van der Waals surface area contributed by atoms with E-state index in [1.54, 1.807) is 30.3 Å². The quantitative estimate of drug-likeness (QED) is 0.620. The second kappa shape index (κ2) is 9.18. The highest BCUT2D eigenvalue weighted by atomic mass is 16.2. The number of likely N-dealkylation sites (tertiary alicyclic amines) is 1. The molecule has 0 saturated carbocycles. The Hall–Kier alpha value is -3.42. The van der Waals surface area contributed by atoms with E-state index in [4.69, 9.17) is 5.73 Å². The third kappa shape index (κ3) is 5.31. The lowest BCUT2D eigenvalue weighted by Crippen LogP contribution is -2.30. The second-order valence-corrected chi connectivity index (χ2v) is 7.05. The molecule has 4 N–H and O–H groups in total. The van der Waals surface area contributed by atoms with Gasteiger partial charge in [0.25, 0.3) is 11.8 Å². The zero-order valence-corrected chi connectivity index (χ0v) is 16.4. The van der Waals surface area contributed by atoms with E-state index >= 15 is 0 Å². The zero-order valence-electron chi connectivity index (χ0n) is 16.4. The topological polar surface area (TPSA) is 117 Å². The minimum absolute atomic E-state index is 0.182. The summed E-state index contributed by atoms with van der Waals surface area (Å²) in [5.41, 5.74) is 7.66. The van der Waals surface area contributed by atoms with Gasteiger partial charge in [0.05, 0.1) is 11.9 Å². The number of nitrogen functional groups attached to an aromatic ring is 1. The number of benzene rings is 1. The molecule has 2 aromatic rings.